The normalized spacial score (nSPS) is 14.5. The molecule has 1 atom stereocenters. The zero-order valence-corrected chi connectivity index (χ0v) is 8.51. The van der Waals surface area contributed by atoms with Gasteiger partial charge in [0, 0.05) is 0 Å². The fourth-order valence-corrected chi connectivity index (χ4v) is 1.57. The molecule has 0 aromatic carbocycles. The van der Waals surface area contributed by atoms with Gasteiger partial charge in [-0.25, -0.2) is 0 Å². The van der Waals surface area contributed by atoms with Crippen molar-refractivity contribution in [1.29, 1.82) is 0 Å². The standard InChI is InChI=1S/C12H20/c1-6-9-11(7-2)12(8-3)10(4)5/h6-7,9-10,12H,1-2,8H2,3-5H3/b11-9+. The minimum atomic E-state index is 0.625. The Morgan fingerprint density at radius 2 is 1.92 bits per heavy atom. The number of hydrogen-bond acceptors (Lipinski definition) is 0. The van der Waals surface area contributed by atoms with Crippen molar-refractivity contribution in [2.24, 2.45) is 11.8 Å². The molecule has 0 aliphatic carbocycles. The fraction of sp³-hybridized carbons (Fsp3) is 0.500. The lowest BCUT2D eigenvalue weighted by atomic mass is 9.86. The molecule has 0 nitrogen and oxygen atoms in total. The summed E-state index contributed by atoms with van der Waals surface area (Å²) in [5.41, 5.74) is 1.31. The molecule has 0 aromatic rings. The SMILES string of the molecule is C=C/C=C(\C=C)C(CC)C(C)C. The summed E-state index contributed by atoms with van der Waals surface area (Å²) in [4.78, 5) is 0. The highest BCUT2D eigenvalue weighted by molar-refractivity contribution is 5.24. The molecule has 0 aliphatic heterocycles. The zero-order chi connectivity index (χ0) is 9.56. The van der Waals surface area contributed by atoms with Crippen LogP contribution in [-0.2, 0) is 0 Å². The minimum absolute atomic E-state index is 0.625. The summed E-state index contributed by atoms with van der Waals surface area (Å²) in [7, 11) is 0. The molecule has 12 heavy (non-hydrogen) atoms. The van der Waals surface area contributed by atoms with Gasteiger partial charge in [-0.1, -0.05) is 52.2 Å². The lowest BCUT2D eigenvalue weighted by molar-refractivity contribution is 0.438. The first-order chi connectivity index (χ1) is 5.67. The van der Waals surface area contributed by atoms with Gasteiger partial charge in [0.25, 0.3) is 0 Å². The second kappa shape index (κ2) is 5.82. The molecule has 0 aromatic heterocycles. The highest BCUT2D eigenvalue weighted by Crippen LogP contribution is 2.24. The first kappa shape index (κ1) is 11.2. The van der Waals surface area contributed by atoms with E-state index < -0.39 is 0 Å². The molecule has 0 aliphatic rings. The van der Waals surface area contributed by atoms with Gasteiger partial charge in [0.1, 0.15) is 0 Å². The molecule has 68 valence electrons. The summed E-state index contributed by atoms with van der Waals surface area (Å²) in [6.07, 6.45) is 7.00. The van der Waals surface area contributed by atoms with Crippen molar-refractivity contribution in [2.45, 2.75) is 27.2 Å². The van der Waals surface area contributed by atoms with Crippen molar-refractivity contribution in [3.05, 3.63) is 37.0 Å². The summed E-state index contributed by atoms with van der Waals surface area (Å²) < 4.78 is 0. The Hall–Kier alpha value is -0.780. The van der Waals surface area contributed by atoms with Crippen molar-refractivity contribution in [3.63, 3.8) is 0 Å². The number of rotatable bonds is 5. The third-order valence-corrected chi connectivity index (χ3v) is 2.22. The molecular weight excluding hydrogens is 144 g/mol. The second-order valence-electron chi connectivity index (χ2n) is 3.37. The second-order valence-corrected chi connectivity index (χ2v) is 3.37. The van der Waals surface area contributed by atoms with Crippen LogP contribution < -0.4 is 0 Å². The molecule has 0 N–H and O–H groups in total. The lowest BCUT2D eigenvalue weighted by Crippen LogP contribution is -2.09. The molecule has 0 amide bonds. The van der Waals surface area contributed by atoms with Gasteiger partial charge in [0.05, 0.1) is 0 Å². The maximum atomic E-state index is 3.81. The van der Waals surface area contributed by atoms with Crippen LogP contribution in [0.5, 0.6) is 0 Å². The van der Waals surface area contributed by atoms with Crippen molar-refractivity contribution in [1.82, 2.24) is 0 Å². The van der Waals surface area contributed by atoms with Gasteiger partial charge in [0.2, 0.25) is 0 Å². The Kier molecular flexibility index (Phi) is 5.44. The summed E-state index contributed by atoms with van der Waals surface area (Å²) in [6, 6.07) is 0. The molecular formula is C12H20. The first-order valence-electron chi connectivity index (χ1n) is 4.62. The van der Waals surface area contributed by atoms with E-state index in [9.17, 15) is 0 Å². The molecule has 0 heteroatoms. The van der Waals surface area contributed by atoms with E-state index in [1.807, 2.05) is 12.2 Å². The first-order valence-corrected chi connectivity index (χ1v) is 4.62. The molecule has 0 rings (SSSR count). The Balaban J connectivity index is 4.54. The van der Waals surface area contributed by atoms with Gasteiger partial charge < -0.3 is 0 Å². The molecule has 0 radical (unpaired) electrons. The monoisotopic (exact) mass is 164 g/mol. The molecule has 0 saturated heterocycles. The van der Waals surface area contributed by atoms with Gasteiger partial charge in [-0.2, -0.15) is 0 Å². The van der Waals surface area contributed by atoms with Crippen LogP contribution in [0.1, 0.15) is 27.2 Å². The number of hydrogen-bond donors (Lipinski definition) is 0. The van der Waals surface area contributed by atoms with Gasteiger partial charge in [-0.05, 0) is 23.8 Å². The highest BCUT2D eigenvalue weighted by Gasteiger charge is 2.12. The van der Waals surface area contributed by atoms with Gasteiger partial charge in [-0.3, -0.25) is 0 Å². The number of allylic oxidation sites excluding steroid dienone is 4. The van der Waals surface area contributed by atoms with E-state index in [-0.39, 0.29) is 0 Å². The van der Waals surface area contributed by atoms with Crippen LogP contribution in [0.3, 0.4) is 0 Å². The van der Waals surface area contributed by atoms with E-state index in [1.165, 1.54) is 12.0 Å². The van der Waals surface area contributed by atoms with Crippen LogP contribution >= 0.6 is 0 Å². The predicted molar refractivity (Wildman–Crippen MR) is 57.1 cm³/mol. The zero-order valence-electron chi connectivity index (χ0n) is 8.51. The van der Waals surface area contributed by atoms with Crippen LogP contribution in [-0.4, -0.2) is 0 Å². The maximum absolute atomic E-state index is 3.81. The van der Waals surface area contributed by atoms with E-state index in [0.29, 0.717) is 11.8 Å². The Morgan fingerprint density at radius 3 is 2.17 bits per heavy atom. The Bertz CT molecular complexity index is 172. The molecule has 0 bridgehead atoms. The highest BCUT2D eigenvalue weighted by atomic mass is 14.2. The van der Waals surface area contributed by atoms with Crippen LogP contribution in [0, 0.1) is 11.8 Å². The third-order valence-electron chi connectivity index (χ3n) is 2.22. The van der Waals surface area contributed by atoms with Crippen molar-refractivity contribution >= 4 is 0 Å². The topological polar surface area (TPSA) is 0 Å². The molecule has 0 fully saturated rings. The summed E-state index contributed by atoms with van der Waals surface area (Å²) in [6.45, 7) is 14.2. The van der Waals surface area contributed by atoms with E-state index in [2.05, 4.69) is 40.0 Å². The van der Waals surface area contributed by atoms with Crippen LogP contribution in [0.25, 0.3) is 0 Å². The Morgan fingerprint density at radius 1 is 1.33 bits per heavy atom. The summed E-state index contributed by atoms with van der Waals surface area (Å²) in [5, 5.41) is 0. The van der Waals surface area contributed by atoms with Gasteiger partial charge >= 0.3 is 0 Å². The largest absolute Gasteiger partial charge is 0.0991 e. The van der Waals surface area contributed by atoms with E-state index in [0.717, 1.165) is 0 Å². The van der Waals surface area contributed by atoms with Crippen LogP contribution in [0.15, 0.2) is 37.0 Å². The average Bonchev–Trinajstić information content (AvgIpc) is 2.03. The fourth-order valence-electron chi connectivity index (χ4n) is 1.57. The Labute approximate surface area is 76.7 Å². The van der Waals surface area contributed by atoms with Crippen molar-refractivity contribution < 1.29 is 0 Å². The van der Waals surface area contributed by atoms with Crippen molar-refractivity contribution in [2.75, 3.05) is 0 Å². The predicted octanol–water partition coefficient (Wildman–Crippen LogP) is 3.97. The lowest BCUT2D eigenvalue weighted by Gasteiger charge is -2.19. The van der Waals surface area contributed by atoms with Crippen LogP contribution in [0.4, 0.5) is 0 Å². The average molecular weight is 164 g/mol. The molecule has 1 unspecified atom stereocenters. The molecule has 0 spiro atoms. The third kappa shape index (κ3) is 3.08. The summed E-state index contributed by atoms with van der Waals surface area (Å²) in [5.74, 6) is 1.31. The van der Waals surface area contributed by atoms with Crippen LogP contribution in [0.2, 0.25) is 0 Å². The van der Waals surface area contributed by atoms with Crippen molar-refractivity contribution in [3.8, 4) is 0 Å². The van der Waals surface area contributed by atoms with E-state index >= 15 is 0 Å². The van der Waals surface area contributed by atoms with E-state index in [4.69, 9.17) is 0 Å². The van der Waals surface area contributed by atoms with Gasteiger partial charge in [-0.15, -0.1) is 0 Å². The molecule has 0 heterocycles. The van der Waals surface area contributed by atoms with Gasteiger partial charge in [0.15, 0.2) is 0 Å². The quantitative estimate of drug-likeness (QED) is 0.539. The van der Waals surface area contributed by atoms with E-state index in [1.54, 1.807) is 0 Å². The smallest absolute Gasteiger partial charge is 0.0142 e. The minimum Gasteiger partial charge on any atom is -0.0991 e. The molecule has 0 saturated carbocycles. The maximum Gasteiger partial charge on any atom is -0.0142 e. The summed E-state index contributed by atoms with van der Waals surface area (Å²) >= 11 is 0.